The van der Waals surface area contributed by atoms with E-state index in [9.17, 15) is 0 Å². The van der Waals surface area contributed by atoms with Crippen LogP contribution in [-0.4, -0.2) is 59.8 Å². The molecule has 0 amide bonds. The van der Waals surface area contributed by atoms with Gasteiger partial charge in [-0.2, -0.15) is 0 Å². The second-order valence-corrected chi connectivity index (χ2v) is 30.7. The zero-order chi connectivity index (χ0) is 78.2. The molecular weight excluding hydrogens is 1480 g/mol. The van der Waals surface area contributed by atoms with Crippen molar-refractivity contribution in [3.8, 4) is 157 Å². The first-order valence-corrected chi connectivity index (χ1v) is 40.5. The Balaban J connectivity index is 0.000000147. The van der Waals surface area contributed by atoms with Crippen molar-refractivity contribution >= 4 is 85.6 Å². The normalized spacial score (nSPS) is 11.4. The molecule has 14 heteroatoms. The summed E-state index contributed by atoms with van der Waals surface area (Å²) >= 11 is 3.30. The molecule has 22 rings (SSSR count). The maximum absolute atomic E-state index is 5.00. The van der Waals surface area contributed by atoms with Crippen LogP contribution in [0.3, 0.4) is 0 Å². The van der Waals surface area contributed by atoms with Crippen molar-refractivity contribution in [2.75, 3.05) is 0 Å². The average molecular weight is 1550 g/mol. The van der Waals surface area contributed by atoms with Gasteiger partial charge in [-0.3, -0.25) is 4.98 Å². The number of fused-ring (bicyclic) bond motifs is 8. The molecule has 0 aliphatic carbocycles. The fourth-order valence-electron chi connectivity index (χ4n) is 15.2. The molecule has 8 aromatic heterocycles. The van der Waals surface area contributed by atoms with Crippen molar-refractivity contribution in [3.63, 3.8) is 0 Å². The summed E-state index contributed by atoms with van der Waals surface area (Å²) in [7, 11) is 0. The first-order valence-electron chi connectivity index (χ1n) is 38.9. The third-order valence-electron chi connectivity index (χ3n) is 21.3. The SMILES string of the molecule is c1ccc(-c2ccc(-c3nc(-c4ccccc4)nc(-c4ccc(-c5cccc(-c6cccc(-c7ccnc8c7sc7nc9ccccc9nc78)c6)c5)cc4)n3)cc2)cc1.c1ccc(-c2ccc(-c3nc(-c4ccccc4)nc(-c4ccc(-c5cccc(-c6cccc(-c7ncnc8c7sc7nc9ccccc9cc78)c6)c5)cc4)n3)cc2)cc1. The van der Waals surface area contributed by atoms with Crippen molar-refractivity contribution in [2.45, 2.75) is 0 Å². The molecule has 552 valence electrons. The molecule has 22 aromatic rings. The molecule has 0 aliphatic rings. The van der Waals surface area contributed by atoms with Gasteiger partial charge in [0.2, 0.25) is 0 Å². The second kappa shape index (κ2) is 30.8. The second-order valence-electron chi connectivity index (χ2n) is 28.7. The Bertz CT molecular complexity index is 7070. The van der Waals surface area contributed by atoms with E-state index in [4.69, 9.17) is 59.8 Å². The van der Waals surface area contributed by atoms with Gasteiger partial charge in [-0.05, 0) is 127 Å². The number of thiophene rings is 2. The first-order chi connectivity index (χ1) is 58.4. The van der Waals surface area contributed by atoms with E-state index >= 15 is 0 Å². The molecule has 8 heterocycles. The first kappa shape index (κ1) is 70.4. The van der Waals surface area contributed by atoms with Gasteiger partial charge in [0.1, 0.15) is 27.0 Å². The molecule has 0 spiro atoms. The van der Waals surface area contributed by atoms with E-state index < -0.39 is 0 Å². The van der Waals surface area contributed by atoms with Crippen LogP contribution in [0.15, 0.2) is 389 Å². The molecule has 0 aliphatic heterocycles. The maximum atomic E-state index is 5.00. The predicted octanol–water partition coefficient (Wildman–Crippen LogP) is 26.5. The lowest BCUT2D eigenvalue weighted by Crippen LogP contribution is -2.00. The standard InChI is InChI=1S/2C52H32N6S/c1-3-11-33(12-4-1)34-21-25-37(26-22-34)50-56-49(36-13-5-2-6-14-36)57-51(58-50)38-27-23-35(24-28-38)39-15-9-16-40(31-39)41-17-10-18-42(32-41)43-29-30-53-46-47-52(59-48(43)46)55-45-20-8-7-19-44(45)54-47;1-3-11-33(12-4-1)34-21-25-37(26-22-34)50-56-49(36-13-5-2-6-14-36)57-51(58-50)38-27-23-35(24-28-38)39-16-9-17-40(29-39)41-18-10-19-43(30-41)46-48-47(54-32-53-46)44-31-42-15-7-8-20-45(42)55-52(44)59-48/h2*1-32H. The zero-order valence-electron chi connectivity index (χ0n) is 63.1. The molecule has 0 fully saturated rings. The van der Waals surface area contributed by atoms with Crippen LogP contribution in [0.25, 0.3) is 220 Å². The fraction of sp³-hybridized carbons (Fsp3) is 0. The molecule has 0 N–H and O–H groups in total. The van der Waals surface area contributed by atoms with Crippen molar-refractivity contribution in [1.82, 2.24) is 59.8 Å². The van der Waals surface area contributed by atoms with E-state index in [1.165, 1.54) is 11.1 Å². The largest absolute Gasteiger partial charge is 0.253 e. The summed E-state index contributed by atoms with van der Waals surface area (Å²) in [6.45, 7) is 0. The van der Waals surface area contributed by atoms with E-state index in [1.807, 2.05) is 115 Å². The lowest BCUT2D eigenvalue weighted by atomic mass is 9.96. The number of rotatable bonds is 14. The van der Waals surface area contributed by atoms with Gasteiger partial charge < -0.3 is 0 Å². The number of benzene rings is 14. The number of nitrogens with zero attached hydrogens (tertiary/aromatic N) is 12. The molecule has 0 unspecified atom stereocenters. The average Bonchev–Trinajstić information content (AvgIpc) is 1.60. The smallest absolute Gasteiger partial charge is 0.164 e. The maximum Gasteiger partial charge on any atom is 0.164 e. The summed E-state index contributed by atoms with van der Waals surface area (Å²) in [5, 5.41) is 2.16. The Morgan fingerprint density at radius 1 is 0.186 bits per heavy atom. The Morgan fingerprint density at radius 2 is 0.508 bits per heavy atom. The van der Waals surface area contributed by atoms with Gasteiger partial charge in [-0.25, -0.2) is 54.8 Å². The fourth-order valence-corrected chi connectivity index (χ4v) is 17.5. The molecule has 0 radical (unpaired) electrons. The minimum atomic E-state index is 0.625. The van der Waals surface area contributed by atoms with Crippen molar-refractivity contribution in [3.05, 3.63) is 389 Å². The lowest BCUT2D eigenvalue weighted by molar-refractivity contribution is 1.07. The van der Waals surface area contributed by atoms with Gasteiger partial charge in [0.25, 0.3) is 0 Å². The monoisotopic (exact) mass is 1540 g/mol. The van der Waals surface area contributed by atoms with Gasteiger partial charge in [0.05, 0.1) is 37.2 Å². The highest BCUT2D eigenvalue weighted by molar-refractivity contribution is 7.26. The van der Waals surface area contributed by atoms with Crippen LogP contribution in [0.2, 0.25) is 0 Å². The van der Waals surface area contributed by atoms with E-state index in [1.54, 1.807) is 29.0 Å². The molecule has 0 saturated heterocycles. The van der Waals surface area contributed by atoms with E-state index in [2.05, 4.69) is 267 Å². The zero-order valence-corrected chi connectivity index (χ0v) is 64.8. The Labute approximate surface area is 686 Å². The number of pyridine rings is 2. The van der Waals surface area contributed by atoms with Crippen molar-refractivity contribution < 1.29 is 0 Å². The summed E-state index contributed by atoms with van der Waals surface area (Å²) in [5.74, 6) is 3.79. The van der Waals surface area contributed by atoms with Crippen LogP contribution in [0.4, 0.5) is 0 Å². The summed E-state index contributed by atoms with van der Waals surface area (Å²) < 4.78 is 2.13. The minimum Gasteiger partial charge on any atom is -0.253 e. The number of aromatic nitrogens is 12. The molecule has 0 atom stereocenters. The molecule has 118 heavy (non-hydrogen) atoms. The van der Waals surface area contributed by atoms with Crippen molar-refractivity contribution in [1.29, 1.82) is 0 Å². The third kappa shape index (κ3) is 14.0. The topological polar surface area (TPSA) is 155 Å². The minimum absolute atomic E-state index is 0.625. The van der Waals surface area contributed by atoms with Gasteiger partial charge in [0.15, 0.2) is 34.9 Å². The quantitative estimate of drug-likeness (QED) is 0.102. The summed E-state index contributed by atoms with van der Waals surface area (Å²) in [4.78, 5) is 60.8. The van der Waals surface area contributed by atoms with E-state index in [0.29, 0.717) is 34.9 Å². The predicted molar refractivity (Wildman–Crippen MR) is 483 cm³/mol. The number of para-hydroxylation sites is 3. The summed E-state index contributed by atoms with van der Waals surface area (Å²) in [6, 6.07) is 130. The molecule has 0 bridgehead atoms. The van der Waals surface area contributed by atoms with Crippen LogP contribution in [0.1, 0.15) is 0 Å². The van der Waals surface area contributed by atoms with E-state index in [0.717, 1.165) is 174 Å². The summed E-state index contributed by atoms with van der Waals surface area (Å²) in [6.07, 6.45) is 3.54. The Hall–Kier alpha value is -15.5. The van der Waals surface area contributed by atoms with E-state index in [-0.39, 0.29) is 0 Å². The van der Waals surface area contributed by atoms with Crippen LogP contribution < -0.4 is 0 Å². The van der Waals surface area contributed by atoms with Gasteiger partial charge >= 0.3 is 0 Å². The number of hydrogen-bond donors (Lipinski definition) is 0. The lowest BCUT2D eigenvalue weighted by Gasteiger charge is -2.11. The van der Waals surface area contributed by atoms with Gasteiger partial charge in [-0.15, -0.1) is 22.7 Å². The Kier molecular flexibility index (Phi) is 18.4. The van der Waals surface area contributed by atoms with Crippen LogP contribution in [0.5, 0.6) is 0 Å². The number of hydrogen-bond acceptors (Lipinski definition) is 14. The van der Waals surface area contributed by atoms with Crippen LogP contribution in [0, 0.1) is 0 Å². The highest BCUT2D eigenvalue weighted by atomic mass is 32.1. The molecule has 14 aromatic carbocycles. The van der Waals surface area contributed by atoms with Crippen LogP contribution in [-0.2, 0) is 0 Å². The highest BCUT2D eigenvalue weighted by Gasteiger charge is 2.21. The highest BCUT2D eigenvalue weighted by Crippen LogP contribution is 2.43. The molecular formula is C104H64N12S2. The van der Waals surface area contributed by atoms with Gasteiger partial charge in [0, 0.05) is 61.5 Å². The Morgan fingerprint density at radius 3 is 0.975 bits per heavy atom. The molecule has 12 nitrogen and oxygen atoms in total. The van der Waals surface area contributed by atoms with Crippen LogP contribution >= 0.6 is 22.7 Å². The summed E-state index contributed by atoms with van der Waals surface area (Å²) in [5.41, 5.74) is 28.8. The van der Waals surface area contributed by atoms with Gasteiger partial charge in [-0.1, -0.05) is 322 Å². The van der Waals surface area contributed by atoms with Crippen molar-refractivity contribution in [2.24, 2.45) is 0 Å². The molecule has 0 saturated carbocycles. The third-order valence-corrected chi connectivity index (χ3v) is 23.5.